The molecule has 0 fully saturated rings. The highest BCUT2D eigenvalue weighted by Crippen LogP contribution is 2.22. The molecule has 0 aliphatic carbocycles. The molecule has 0 aliphatic heterocycles. The van der Waals surface area contributed by atoms with Gasteiger partial charge in [0.05, 0.1) is 0 Å². The smallest absolute Gasteiger partial charge is 0.0187 e. The van der Waals surface area contributed by atoms with Crippen LogP contribution < -0.4 is 0 Å². The second kappa shape index (κ2) is 5.86. The summed E-state index contributed by atoms with van der Waals surface area (Å²) in [7, 11) is 0. The predicted molar refractivity (Wildman–Crippen MR) is 79.1 cm³/mol. The van der Waals surface area contributed by atoms with Gasteiger partial charge in [-0.3, -0.25) is 0 Å². The fraction of sp³-hybridized carbons (Fsp3) is 0.333. The molecule has 0 aromatic heterocycles. The highest BCUT2D eigenvalue weighted by Gasteiger charge is 2.05. The minimum Gasteiger partial charge on any atom is -0.0617 e. The number of rotatable bonds is 4. The van der Waals surface area contributed by atoms with E-state index in [2.05, 4.69) is 69.3 Å². The molecule has 94 valence electrons. The lowest BCUT2D eigenvalue weighted by molar-refractivity contribution is 0.679. The zero-order valence-corrected chi connectivity index (χ0v) is 11.6. The molecule has 0 bridgehead atoms. The van der Waals surface area contributed by atoms with Gasteiger partial charge in [-0.15, -0.1) is 0 Å². The molecule has 0 amide bonds. The molecule has 1 unspecified atom stereocenters. The highest BCUT2D eigenvalue weighted by molar-refractivity contribution is 5.26. The molecule has 0 heterocycles. The molecule has 2 aromatic carbocycles. The van der Waals surface area contributed by atoms with Gasteiger partial charge in [0.15, 0.2) is 0 Å². The van der Waals surface area contributed by atoms with Crippen LogP contribution in [-0.2, 0) is 6.42 Å². The molecular weight excluding hydrogens is 216 g/mol. The first-order chi connectivity index (χ1) is 8.65. The van der Waals surface area contributed by atoms with Crippen molar-refractivity contribution in [2.45, 2.75) is 39.5 Å². The van der Waals surface area contributed by atoms with Crippen molar-refractivity contribution >= 4 is 0 Å². The fourth-order valence-electron chi connectivity index (χ4n) is 2.28. The molecule has 2 aromatic rings. The summed E-state index contributed by atoms with van der Waals surface area (Å²) >= 11 is 0. The zero-order chi connectivity index (χ0) is 13.0. The molecule has 0 heteroatoms. The molecule has 0 spiro atoms. The van der Waals surface area contributed by atoms with E-state index in [1.807, 2.05) is 0 Å². The second-order valence-corrected chi connectivity index (χ2v) is 5.34. The maximum atomic E-state index is 2.32. The SMILES string of the molecule is Cc1ccc(CCC(C)c2cccc(C)c2)cc1. The van der Waals surface area contributed by atoms with Crippen molar-refractivity contribution in [3.63, 3.8) is 0 Å². The van der Waals surface area contributed by atoms with E-state index in [0.29, 0.717) is 5.92 Å². The Labute approximate surface area is 111 Å². The van der Waals surface area contributed by atoms with Crippen LogP contribution in [0.15, 0.2) is 48.5 Å². The Hall–Kier alpha value is -1.56. The van der Waals surface area contributed by atoms with Gasteiger partial charge in [-0.1, -0.05) is 66.6 Å². The largest absolute Gasteiger partial charge is 0.0617 e. The molecule has 0 nitrogen and oxygen atoms in total. The van der Waals surface area contributed by atoms with Gasteiger partial charge in [-0.25, -0.2) is 0 Å². The Balaban J connectivity index is 1.96. The van der Waals surface area contributed by atoms with Crippen LogP contribution in [-0.4, -0.2) is 0 Å². The van der Waals surface area contributed by atoms with Crippen LogP contribution in [0.2, 0.25) is 0 Å². The van der Waals surface area contributed by atoms with Crippen LogP contribution in [0, 0.1) is 13.8 Å². The van der Waals surface area contributed by atoms with E-state index in [-0.39, 0.29) is 0 Å². The number of hydrogen-bond donors (Lipinski definition) is 0. The second-order valence-electron chi connectivity index (χ2n) is 5.34. The molecule has 2 rings (SSSR count). The summed E-state index contributed by atoms with van der Waals surface area (Å²) < 4.78 is 0. The maximum absolute atomic E-state index is 2.32. The fourth-order valence-corrected chi connectivity index (χ4v) is 2.28. The quantitative estimate of drug-likeness (QED) is 0.700. The molecule has 18 heavy (non-hydrogen) atoms. The summed E-state index contributed by atoms with van der Waals surface area (Å²) in [6, 6.07) is 17.8. The van der Waals surface area contributed by atoms with Gasteiger partial charge in [0, 0.05) is 0 Å². The monoisotopic (exact) mass is 238 g/mol. The van der Waals surface area contributed by atoms with E-state index < -0.39 is 0 Å². The van der Waals surface area contributed by atoms with Crippen molar-refractivity contribution in [2.75, 3.05) is 0 Å². The number of benzene rings is 2. The summed E-state index contributed by atoms with van der Waals surface area (Å²) in [6.45, 7) is 6.62. The maximum Gasteiger partial charge on any atom is -0.0187 e. The van der Waals surface area contributed by atoms with Crippen molar-refractivity contribution in [3.8, 4) is 0 Å². The summed E-state index contributed by atoms with van der Waals surface area (Å²) in [5.41, 5.74) is 5.60. The molecule has 0 saturated heterocycles. The lowest BCUT2D eigenvalue weighted by atomic mass is 9.93. The third-order valence-corrected chi connectivity index (χ3v) is 3.60. The van der Waals surface area contributed by atoms with Crippen LogP contribution in [0.4, 0.5) is 0 Å². The molecule has 0 saturated carbocycles. The van der Waals surface area contributed by atoms with E-state index in [9.17, 15) is 0 Å². The summed E-state index contributed by atoms with van der Waals surface area (Å²) in [4.78, 5) is 0. The summed E-state index contributed by atoms with van der Waals surface area (Å²) in [5.74, 6) is 0.631. The highest BCUT2D eigenvalue weighted by atomic mass is 14.1. The molecule has 0 radical (unpaired) electrons. The van der Waals surface area contributed by atoms with Gasteiger partial charge < -0.3 is 0 Å². The van der Waals surface area contributed by atoms with Crippen molar-refractivity contribution in [1.82, 2.24) is 0 Å². The van der Waals surface area contributed by atoms with Crippen LogP contribution >= 0.6 is 0 Å². The van der Waals surface area contributed by atoms with Gasteiger partial charge in [0.25, 0.3) is 0 Å². The Morgan fingerprint density at radius 1 is 0.889 bits per heavy atom. The van der Waals surface area contributed by atoms with E-state index >= 15 is 0 Å². The van der Waals surface area contributed by atoms with Crippen molar-refractivity contribution in [2.24, 2.45) is 0 Å². The van der Waals surface area contributed by atoms with Gasteiger partial charge in [0.2, 0.25) is 0 Å². The Kier molecular flexibility index (Phi) is 4.19. The third kappa shape index (κ3) is 3.46. The Bertz CT molecular complexity index is 494. The van der Waals surface area contributed by atoms with Crippen LogP contribution in [0.1, 0.15) is 41.5 Å². The first kappa shape index (κ1) is 12.9. The van der Waals surface area contributed by atoms with Crippen LogP contribution in [0.3, 0.4) is 0 Å². The lowest BCUT2D eigenvalue weighted by Gasteiger charge is -2.12. The molecule has 1 atom stereocenters. The van der Waals surface area contributed by atoms with Crippen LogP contribution in [0.5, 0.6) is 0 Å². The van der Waals surface area contributed by atoms with Gasteiger partial charge in [-0.05, 0) is 43.7 Å². The lowest BCUT2D eigenvalue weighted by Crippen LogP contribution is -1.97. The van der Waals surface area contributed by atoms with E-state index in [1.54, 1.807) is 0 Å². The average Bonchev–Trinajstić information content (AvgIpc) is 2.38. The van der Waals surface area contributed by atoms with Gasteiger partial charge in [-0.2, -0.15) is 0 Å². The standard InChI is InChI=1S/C18H22/c1-14-7-10-17(11-8-14)12-9-16(3)18-6-4-5-15(2)13-18/h4-8,10-11,13,16H,9,12H2,1-3H3. The van der Waals surface area contributed by atoms with Crippen molar-refractivity contribution in [3.05, 3.63) is 70.8 Å². The first-order valence-electron chi connectivity index (χ1n) is 6.77. The Morgan fingerprint density at radius 2 is 1.61 bits per heavy atom. The predicted octanol–water partition coefficient (Wildman–Crippen LogP) is 5.04. The van der Waals surface area contributed by atoms with E-state index in [0.717, 1.165) is 6.42 Å². The van der Waals surface area contributed by atoms with Gasteiger partial charge in [0.1, 0.15) is 0 Å². The normalized spacial score (nSPS) is 12.4. The van der Waals surface area contributed by atoms with Crippen molar-refractivity contribution < 1.29 is 0 Å². The topological polar surface area (TPSA) is 0 Å². The Morgan fingerprint density at radius 3 is 2.28 bits per heavy atom. The molecule has 0 aliphatic rings. The third-order valence-electron chi connectivity index (χ3n) is 3.60. The minimum absolute atomic E-state index is 0.631. The number of aryl methyl sites for hydroxylation is 3. The summed E-state index contributed by atoms with van der Waals surface area (Å²) in [5, 5.41) is 0. The van der Waals surface area contributed by atoms with E-state index in [4.69, 9.17) is 0 Å². The first-order valence-corrected chi connectivity index (χ1v) is 6.77. The molecular formula is C18H22. The average molecular weight is 238 g/mol. The molecule has 0 N–H and O–H groups in total. The van der Waals surface area contributed by atoms with Gasteiger partial charge >= 0.3 is 0 Å². The van der Waals surface area contributed by atoms with Crippen molar-refractivity contribution in [1.29, 1.82) is 0 Å². The summed E-state index contributed by atoms with van der Waals surface area (Å²) in [6.07, 6.45) is 2.38. The van der Waals surface area contributed by atoms with Crippen LogP contribution in [0.25, 0.3) is 0 Å². The zero-order valence-electron chi connectivity index (χ0n) is 11.6. The number of hydrogen-bond acceptors (Lipinski definition) is 0. The minimum atomic E-state index is 0.631. The van der Waals surface area contributed by atoms with E-state index in [1.165, 1.54) is 28.7 Å².